The lowest BCUT2D eigenvalue weighted by atomic mass is 9.97. The molecule has 0 aliphatic heterocycles. The van der Waals surface area contributed by atoms with Gasteiger partial charge in [-0.3, -0.25) is 9.59 Å². The fraction of sp³-hybridized carbons (Fsp3) is 0.385. The number of halogens is 1. The predicted octanol–water partition coefficient (Wildman–Crippen LogP) is 2.75. The number of carbonyl (C=O) groups is 2. The standard InChI is InChI=1S/C13H15FO2/c1-3-9-7-5-6-8-10(9)13(16)12(14)11(15)4-2/h5-8,12H,3-4H2,1-2H3. The van der Waals surface area contributed by atoms with Gasteiger partial charge >= 0.3 is 0 Å². The molecule has 0 saturated heterocycles. The molecule has 0 aromatic heterocycles. The molecule has 1 aromatic rings. The fourth-order valence-electron chi connectivity index (χ4n) is 1.53. The van der Waals surface area contributed by atoms with E-state index >= 15 is 0 Å². The molecule has 1 atom stereocenters. The Kier molecular flexibility index (Phi) is 4.35. The van der Waals surface area contributed by atoms with E-state index in [1.165, 1.54) is 0 Å². The first-order valence-corrected chi connectivity index (χ1v) is 5.40. The quantitative estimate of drug-likeness (QED) is 0.567. The van der Waals surface area contributed by atoms with Crippen LogP contribution in [0.4, 0.5) is 4.39 Å². The summed E-state index contributed by atoms with van der Waals surface area (Å²) in [5.41, 5.74) is 1.10. The van der Waals surface area contributed by atoms with E-state index in [9.17, 15) is 14.0 Å². The smallest absolute Gasteiger partial charge is 0.220 e. The van der Waals surface area contributed by atoms with Crippen molar-refractivity contribution < 1.29 is 14.0 Å². The van der Waals surface area contributed by atoms with Crippen molar-refractivity contribution in [3.05, 3.63) is 35.4 Å². The first-order valence-electron chi connectivity index (χ1n) is 5.40. The lowest BCUT2D eigenvalue weighted by Gasteiger charge is -2.08. The van der Waals surface area contributed by atoms with Gasteiger partial charge in [0.25, 0.3) is 0 Å². The number of hydrogen-bond donors (Lipinski definition) is 0. The fourth-order valence-corrected chi connectivity index (χ4v) is 1.53. The maximum atomic E-state index is 13.5. The SMILES string of the molecule is CCC(=O)C(F)C(=O)c1ccccc1CC. The number of benzene rings is 1. The summed E-state index contributed by atoms with van der Waals surface area (Å²) < 4.78 is 13.5. The summed E-state index contributed by atoms with van der Waals surface area (Å²) in [7, 11) is 0. The van der Waals surface area contributed by atoms with E-state index in [0.29, 0.717) is 12.0 Å². The molecule has 1 rings (SSSR count). The molecule has 1 unspecified atom stereocenters. The average Bonchev–Trinajstić information content (AvgIpc) is 2.35. The van der Waals surface area contributed by atoms with E-state index in [-0.39, 0.29) is 6.42 Å². The second kappa shape index (κ2) is 5.54. The Hall–Kier alpha value is -1.51. The molecule has 1 aromatic carbocycles. The minimum absolute atomic E-state index is 0.0429. The van der Waals surface area contributed by atoms with E-state index in [0.717, 1.165) is 5.56 Å². The molecule has 16 heavy (non-hydrogen) atoms. The Morgan fingerprint density at radius 2 is 1.88 bits per heavy atom. The van der Waals surface area contributed by atoms with Crippen molar-refractivity contribution in [3.63, 3.8) is 0 Å². The van der Waals surface area contributed by atoms with Crippen LogP contribution in [-0.2, 0) is 11.2 Å². The molecule has 0 aliphatic rings. The van der Waals surface area contributed by atoms with Gasteiger partial charge in [0.2, 0.25) is 12.0 Å². The van der Waals surface area contributed by atoms with Crippen molar-refractivity contribution in [1.29, 1.82) is 0 Å². The summed E-state index contributed by atoms with van der Waals surface area (Å²) >= 11 is 0. The predicted molar refractivity (Wildman–Crippen MR) is 60.3 cm³/mol. The second-order valence-electron chi connectivity index (χ2n) is 3.56. The number of alkyl halides is 1. The summed E-state index contributed by atoms with van der Waals surface area (Å²) in [5, 5.41) is 0. The maximum Gasteiger partial charge on any atom is 0.220 e. The summed E-state index contributed by atoms with van der Waals surface area (Å²) in [4.78, 5) is 22.9. The van der Waals surface area contributed by atoms with Gasteiger partial charge in [-0.2, -0.15) is 0 Å². The van der Waals surface area contributed by atoms with E-state index in [2.05, 4.69) is 0 Å². The summed E-state index contributed by atoms with van der Waals surface area (Å²) in [6.07, 6.45) is -1.33. The van der Waals surface area contributed by atoms with Gasteiger partial charge in [-0.1, -0.05) is 38.1 Å². The van der Waals surface area contributed by atoms with Gasteiger partial charge in [0.15, 0.2) is 5.78 Å². The van der Waals surface area contributed by atoms with Crippen molar-refractivity contribution in [2.75, 3.05) is 0 Å². The van der Waals surface area contributed by atoms with Gasteiger partial charge in [0.1, 0.15) is 0 Å². The highest BCUT2D eigenvalue weighted by molar-refractivity contribution is 6.13. The zero-order valence-corrected chi connectivity index (χ0v) is 9.50. The molecule has 0 spiro atoms. The Morgan fingerprint density at radius 3 is 2.44 bits per heavy atom. The maximum absolute atomic E-state index is 13.5. The minimum Gasteiger partial charge on any atom is -0.296 e. The lowest BCUT2D eigenvalue weighted by molar-refractivity contribution is -0.121. The molecular formula is C13H15FO2. The number of Topliss-reactive ketones (excluding diaryl/α,β-unsaturated/α-hetero) is 2. The highest BCUT2D eigenvalue weighted by Crippen LogP contribution is 2.14. The first kappa shape index (κ1) is 12.6. The molecule has 0 aliphatic carbocycles. The molecule has 0 fully saturated rings. The molecule has 0 N–H and O–H groups in total. The van der Waals surface area contributed by atoms with Crippen LogP contribution in [0.25, 0.3) is 0 Å². The Balaban J connectivity index is 3.00. The van der Waals surface area contributed by atoms with Gasteiger partial charge in [-0.15, -0.1) is 0 Å². The van der Waals surface area contributed by atoms with Gasteiger partial charge in [0, 0.05) is 12.0 Å². The van der Waals surface area contributed by atoms with Crippen molar-refractivity contribution in [3.8, 4) is 0 Å². The topological polar surface area (TPSA) is 34.1 Å². The van der Waals surface area contributed by atoms with Crippen molar-refractivity contribution in [1.82, 2.24) is 0 Å². The molecule has 0 saturated carbocycles. The van der Waals surface area contributed by atoms with E-state index in [1.807, 2.05) is 6.92 Å². The summed E-state index contributed by atoms with van der Waals surface area (Å²) in [6, 6.07) is 6.81. The number of hydrogen-bond acceptors (Lipinski definition) is 2. The molecular weight excluding hydrogens is 207 g/mol. The van der Waals surface area contributed by atoms with Crippen LogP contribution < -0.4 is 0 Å². The molecule has 2 nitrogen and oxygen atoms in total. The van der Waals surface area contributed by atoms with Crippen LogP contribution in [0.5, 0.6) is 0 Å². The number of carbonyl (C=O) groups excluding carboxylic acids is 2. The van der Waals surface area contributed by atoms with E-state index < -0.39 is 17.7 Å². The third kappa shape index (κ3) is 2.54. The Morgan fingerprint density at radius 1 is 1.25 bits per heavy atom. The van der Waals surface area contributed by atoms with Crippen LogP contribution in [0.3, 0.4) is 0 Å². The largest absolute Gasteiger partial charge is 0.296 e. The highest BCUT2D eigenvalue weighted by atomic mass is 19.1. The lowest BCUT2D eigenvalue weighted by Crippen LogP contribution is -2.26. The summed E-state index contributed by atoms with van der Waals surface area (Å²) in [6.45, 7) is 3.44. The van der Waals surface area contributed by atoms with Gasteiger partial charge in [-0.05, 0) is 12.0 Å². The van der Waals surface area contributed by atoms with Crippen LogP contribution in [0.15, 0.2) is 24.3 Å². The zero-order valence-electron chi connectivity index (χ0n) is 9.50. The van der Waals surface area contributed by atoms with Crippen LogP contribution in [0, 0.1) is 0 Å². The molecule has 86 valence electrons. The van der Waals surface area contributed by atoms with E-state index in [1.54, 1.807) is 31.2 Å². The summed E-state index contributed by atoms with van der Waals surface area (Å²) in [5.74, 6) is -1.37. The monoisotopic (exact) mass is 222 g/mol. The molecule has 0 radical (unpaired) electrons. The zero-order chi connectivity index (χ0) is 12.1. The highest BCUT2D eigenvalue weighted by Gasteiger charge is 2.26. The van der Waals surface area contributed by atoms with Gasteiger partial charge in [-0.25, -0.2) is 4.39 Å². The van der Waals surface area contributed by atoms with E-state index in [4.69, 9.17) is 0 Å². The first-order chi connectivity index (χ1) is 7.61. The van der Waals surface area contributed by atoms with Gasteiger partial charge in [0.05, 0.1) is 0 Å². The van der Waals surface area contributed by atoms with Crippen LogP contribution in [0.2, 0.25) is 0 Å². The van der Waals surface area contributed by atoms with Crippen molar-refractivity contribution >= 4 is 11.6 Å². The third-order valence-corrected chi connectivity index (χ3v) is 2.53. The molecule has 3 heteroatoms. The second-order valence-corrected chi connectivity index (χ2v) is 3.56. The third-order valence-electron chi connectivity index (χ3n) is 2.53. The Bertz CT molecular complexity index is 399. The van der Waals surface area contributed by atoms with Crippen LogP contribution in [-0.4, -0.2) is 17.7 Å². The Labute approximate surface area is 94.5 Å². The molecule has 0 heterocycles. The van der Waals surface area contributed by atoms with Crippen LogP contribution >= 0.6 is 0 Å². The van der Waals surface area contributed by atoms with Crippen LogP contribution in [0.1, 0.15) is 36.2 Å². The number of rotatable bonds is 5. The molecule has 0 amide bonds. The average molecular weight is 222 g/mol. The minimum atomic E-state index is -2.02. The van der Waals surface area contributed by atoms with Crippen molar-refractivity contribution in [2.45, 2.75) is 32.9 Å². The number of ketones is 2. The molecule has 0 bridgehead atoms. The number of aryl methyl sites for hydroxylation is 1. The van der Waals surface area contributed by atoms with Gasteiger partial charge < -0.3 is 0 Å². The van der Waals surface area contributed by atoms with Crippen molar-refractivity contribution in [2.24, 2.45) is 0 Å². The normalized spacial score (nSPS) is 12.2.